The molecule has 0 saturated heterocycles. The van der Waals surface area contributed by atoms with Crippen molar-refractivity contribution in [3.8, 4) is 0 Å². The number of halogens is 1. The van der Waals surface area contributed by atoms with Crippen LogP contribution < -0.4 is 0 Å². The van der Waals surface area contributed by atoms with Crippen LogP contribution in [0.1, 0.15) is 5.56 Å². The molecule has 1 aliphatic heterocycles. The van der Waals surface area contributed by atoms with Gasteiger partial charge in [0.2, 0.25) is 5.76 Å². The normalized spacial score (nSPS) is 15.4. The van der Waals surface area contributed by atoms with Gasteiger partial charge in [0.25, 0.3) is 0 Å². The van der Waals surface area contributed by atoms with Gasteiger partial charge < -0.3 is 9.47 Å². The minimum atomic E-state index is -0.855. The van der Waals surface area contributed by atoms with Crippen molar-refractivity contribution in [1.82, 2.24) is 0 Å². The van der Waals surface area contributed by atoms with Crippen molar-refractivity contribution in [3.05, 3.63) is 41.4 Å². The van der Waals surface area contributed by atoms with E-state index in [0.29, 0.717) is 0 Å². The predicted molar refractivity (Wildman–Crippen MR) is 51.4 cm³/mol. The maximum Gasteiger partial charge on any atom is 0.382 e. The molecule has 0 atom stereocenters. The molecule has 0 N–H and O–H groups in total. The first-order valence-corrected chi connectivity index (χ1v) is 4.44. The van der Waals surface area contributed by atoms with Crippen LogP contribution in [0.4, 0.5) is 4.39 Å². The number of rotatable bonds is 2. The number of methoxy groups -OCH3 is 1. The van der Waals surface area contributed by atoms with Crippen molar-refractivity contribution in [2.24, 2.45) is 0 Å². The Bertz CT molecular complexity index is 504. The van der Waals surface area contributed by atoms with Crippen molar-refractivity contribution in [3.63, 3.8) is 0 Å². The number of hydrogen-bond acceptors (Lipinski definition) is 4. The lowest BCUT2D eigenvalue weighted by molar-refractivity contribution is -0.151. The first-order valence-electron chi connectivity index (χ1n) is 4.44. The minimum Gasteiger partial charge on any atom is -0.489 e. The third kappa shape index (κ3) is 1.56. The molecular weight excluding hydrogens is 215 g/mol. The second-order valence-corrected chi connectivity index (χ2v) is 3.10. The SMILES string of the molecule is COC1=C(c2cccc(F)c2)C(=O)OC1=O. The van der Waals surface area contributed by atoms with E-state index in [1.54, 1.807) is 0 Å². The molecule has 0 saturated carbocycles. The van der Waals surface area contributed by atoms with Crippen LogP contribution in [0, 0.1) is 5.82 Å². The Morgan fingerprint density at radius 2 is 2.00 bits per heavy atom. The Kier molecular flexibility index (Phi) is 2.44. The molecule has 5 heteroatoms. The molecule has 0 fully saturated rings. The number of carbonyl (C=O) groups excluding carboxylic acids is 2. The monoisotopic (exact) mass is 222 g/mol. The van der Waals surface area contributed by atoms with Crippen LogP contribution >= 0.6 is 0 Å². The zero-order chi connectivity index (χ0) is 11.7. The highest BCUT2D eigenvalue weighted by Gasteiger charge is 2.35. The maximum absolute atomic E-state index is 13.0. The molecule has 0 aliphatic carbocycles. The predicted octanol–water partition coefficient (Wildman–Crippen LogP) is 1.27. The quantitative estimate of drug-likeness (QED) is 0.558. The van der Waals surface area contributed by atoms with Crippen LogP contribution in [0.15, 0.2) is 30.0 Å². The molecule has 1 aliphatic rings. The highest BCUT2D eigenvalue weighted by Crippen LogP contribution is 2.27. The average molecular weight is 222 g/mol. The summed E-state index contributed by atoms with van der Waals surface area (Å²) in [4.78, 5) is 22.5. The van der Waals surface area contributed by atoms with Crippen molar-refractivity contribution in [2.75, 3.05) is 7.11 Å². The van der Waals surface area contributed by atoms with Crippen molar-refractivity contribution < 1.29 is 23.5 Å². The number of benzene rings is 1. The summed E-state index contributed by atoms with van der Waals surface area (Å²) < 4.78 is 22.1. The Morgan fingerprint density at radius 3 is 2.62 bits per heavy atom. The summed E-state index contributed by atoms with van der Waals surface area (Å²) in [6.45, 7) is 0. The van der Waals surface area contributed by atoms with Crippen molar-refractivity contribution >= 4 is 17.5 Å². The number of hydrogen-bond donors (Lipinski definition) is 0. The number of esters is 2. The third-order valence-corrected chi connectivity index (χ3v) is 2.12. The van der Waals surface area contributed by atoms with E-state index in [1.165, 1.54) is 25.3 Å². The van der Waals surface area contributed by atoms with Crippen LogP contribution in [-0.4, -0.2) is 19.0 Å². The zero-order valence-corrected chi connectivity index (χ0v) is 8.32. The summed E-state index contributed by atoms with van der Waals surface area (Å²) in [6.07, 6.45) is 0. The van der Waals surface area contributed by atoms with E-state index in [1.807, 2.05) is 0 Å². The van der Waals surface area contributed by atoms with E-state index in [9.17, 15) is 14.0 Å². The van der Waals surface area contributed by atoms with Gasteiger partial charge in [-0.25, -0.2) is 14.0 Å². The molecule has 16 heavy (non-hydrogen) atoms. The molecule has 0 unspecified atom stereocenters. The second kappa shape index (κ2) is 3.77. The van der Waals surface area contributed by atoms with E-state index >= 15 is 0 Å². The van der Waals surface area contributed by atoms with Crippen LogP contribution in [0.5, 0.6) is 0 Å². The van der Waals surface area contributed by atoms with E-state index in [0.717, 1.165) is 6.07 Å². The Labute approximate surface area is 90.3 Å². The van der Waals surface area contributed by atoms with Crippen molar-refractivity contribution in [1.29, 1.82) is 0 Å². The first-order chi connectivity index (χ1) is 7.63. The van der Waals surface area contributed by atoms with Gasteiger partial charge in [0.05, 0.1) is 7.11 Å². The highest BCUT2D eigenvalue weighted by molar-refractivity contribution is 6.30. The van der Waals surface area contributed by atoms with Gasteiger partial charge in [-0.1, -0.05) is 12.1 Å². The topological polar surface area (TPSA) is 52.6 Å². The van der Waals surface area contributed by atoms with E-state index < -0.39 is 17.8 Å². The molecule has 1 aromatic rings. The summed E-state index contributed by atoms with van der Waals surface area (Å²) in [5.74, 6) is -2.39. The third-order valence-electron chi connectivity index (χ3n) is 2.12. The Balaban J connectivity index is 2.57. The van der Waals surface area contributed by atoms with Gasteiger partial charge >= 0.3 is 11.9 Å². The molecule has 4 nitrogen and oxygen atoms in total. The van der Waals surface area contributed by atoms with E-state index in [-0.39, 0.29) is 16.9 Å². The average Bonchev–Trinajstić information content (AvgIpc) is 2.52. The largest absolute Gasteiger partial charge is 0.489 e. The van der Waals surface area contributed by atoms with Gasteiger partial charge in [0, 0.05) is 0 Å². The van der Waals surface area contributed by atoms with E-state index in [4.69, 9.17) is 4.74 Å². The van der Waals surface area contributed by atoms with Gasteiger partial charge in [0.1, 0.15) is 11.4 Å². The highest BCUT2D eigenvalue weighted by atomic mass is 19.1. The standard InChI is InChI=1S/C11H7FO4/c1-15-9-8(10(13)16-11(9)14)6-3-2-4-7(12)5-6/h2-5H,1H3. The fourth-order valence-electron chi connectivity index (χ4n) is 1.45. The molecule has 0 radical (unpaired) electrons. The Hall–Kier alpha value is -2.17. The molecule has 1 aromatic carbocycles. The molecule has 0 bridgehead atoms. The summed E-state index contributed by atoms with van der Waals surface area (Å²) in [7, 11) is 1.24. The zero-order valence-electron chi connectivity index (χ0n) is 8.32. The molecule has 0 aromatic heterocycles. The number of ether oxygens (including phenoxy) is 2. The van der Waals surface area contributed by atoms with Gasteiger partial charge in [-0.15, -0.1) is 0 Å². The summed E-state index contributed by atoms with van der Waals surface area (Å²) in [5, 5.41) is 0. The summed E-state index contributed by atoms with van der Waals surface area (Å²) in [5.41, 5.74) is 0.208. The molecule has 1 heterocycles. The summed E-state index contributed by atoms with van der Waals surface area (Å²) >= 11 is 0. The van der Waals surface area contributed by atoms with Crippen LogP contribution in [0.3, 0.4) is 0 Å². The van der Waals surface area contributed by atoms with Crippen molar-refractivity contribution in [2.45, 2.75) is 0 Å². The molecule has 82 valence electrons. The smallest absolute Gasteiger partial charge is 0.382 e. The second-order valence-electron chi connectivity index (χ2n) is 3.10. The molecule has 0 amide bonds. The minimum absolute atomic E-state index is 0.0491. The fourth-order valence-corrected chi connectivity index (χ4v) is 1.45. The van der Waals surface area contributed by atoms with Crippen LogP contribution in [0.25, 0.3) is 5.57 Å². The fraction of sp³-hybridized carbons (Fsp3) is 0.0909. The van der Waals surface area contributed by atoms with Crippen LogP contribution in [0.2, 0.25) is 0 Å². The number of carbonyl (C=O) groups is 2. The lowest BCUT2D eigenvalue weighted by Crippen LogP contribution is -2.02. The van der Waals surface area contributed by atoms with Gasteiger partial charge in [-0.3, -0.25) is 0 Å². The lowest BCUT2D eigenvalue weighted by Gasteiger charge is -2.00. The van der Waals surface area contributed by atoms with Crippen LogP contribution in [-0.2, 0) is 19.1 Å². The van der Waals surface area contributed by atoms with Gasteiger partial charge in [-0.05, 0) is 17.7 Å². The molecule has 2 rings (SSSR count). The van der Waals surface area contributed by atoms with Gasteiger partial charge in [0.15, 0.2) is 0 Å². The Morgan fingerprint density at radius 1 is 1.25 bits per heavy atom. The van der Waals surface area contributed by atoms with Gasteiger partial charge in [-0.2, -0.15) is 0 Å². The summed E-state index contributed by atoms with van der Waals surface area (Å²) in [6, 6.07) is 5.30. The lowest BCUT2D eigenvalue weighted by atomic mass is 10.1. The number of cyclic esters (lactones) is 2. The van der Waals surface area contributed by atoms with E-state index in [2.05, 4.69) is 4.74 Å². The molecule has 0 spiro atoms. The molecular formula is C11H7FO4. The maximum atomic E-state index is 13.0. The first kappa shape index (κ1) is 10.4.